The minimum Gasteiger partial charge on any atom is -0.329 e. The maximum absolute atomic E-state index is 13.3. The van der Waals surface area contributed by atoms with Crippen molar-refractivity contribution in [2.24, 2.45) is 11.7 Å². The highest BCUT2D eigenvalue weighted by atomic mass is 19.1. The zero-order valence-corrected chi connectivity index (χ0v) is 11.7. The highest BCUT2D eigenvalue weighted by Crippen LogP contribution is 2.19. The molecule has 0 aromatic heterocycles. The molecular weight excluding hydrogens is 227 g/mol. The predicted octanol–water partition coefficient (Wildman–Crippen LogP) is 3.16. The van der Waals surface area contributed by atoms with Crippen LogP contribution in [0.25, 0.3) is 0 Å². The van der Waals surface area contributed by atoms with Crippen LogP contribution >= 0.6 is 0 Å². The SMILES string of the molecule is CCC(CC)CNC(CN)c1cc(F)ccc1C. The highest BCUT2D eigenvalue weighted by Gasteiger charge is 2.14. The second kappa shape index (κ2) is 7.49. The van der Waals surface area contributed by atoms with Crippen LogP contribution in [0.4, 0.5) is 4.39 Å². The molecule has 1 rings (SSSR count). The molecule has 0 fully saturated rings. The molecule has 0 aliphatic heterocycles. The van der Waals surface area contributed by atoms with Gasteiger partial charge in [-0.15, -0.1) is 0 Å². The Kier molecular flexibility index (Phi) is 6.30. The number of aryl methyl sites for hydroxylation is 1. The van der Waals surface area contributed by atoms with E-state index in [1.807, 2.05) is 13.0 Å². The minimum absolute atomic E-state index is 0.0429. The first-order valence-electron chi connectivity index (χ1n) is 6.81. The molecule has 1 aromatic carbocycles. The lowest BCUT2D eigenvalue weighted by Crippen LogP contribution is -2.32. The van der Waals surface area contributed by atoms with Gasteiger partial charge in [0.2, 0.25) is 0 Å². The summed E-state index contributed by atoms with van der Waals surface area (Å²) >= 11 is 0. The molecule has 0 saturated carbocycles. The van der Waals surface area contributed by atoms with Gasteiger partial charge in [-0.05, 0) is 42.6 Å². The highest BCUT2D eigenvalue weighted by molar-refractivity contribution is 5.29. The fourth-order valence-electron chi connectivity index (χ4n) is 2.19. The molecule has 3 N–H and O–H groups in total. The quantitative estimate of drug-likeness (QED) is 0.782. The normalized spacial score (nSPS) is 13.0. The summed E-state index contributed by atoms with van der Waals surface area (Å²) in [7, 11) is 0. The summed E-state index contributed by atoms with van der Waals surface area (Å²) < 4.78 is 13.3. The molecule has 0 aliphatic rings. The average Bonchev–Trinajstić information content (AvgIpc) is 2.38. The zero-order valence-electron chi connectivity index (χ0n) is 11.7. The molecule has 0 amide bonds. The van der Waals surface area contributed by atoms with Crippen molar-refractivity contribution in [2.75, 3.05) is 13.1 Å². The summed E-state index contributed by atoms with van der Waals surface area (Å²) in [5.74, 6) is 0.464. The molecule has 0 saturated heterocycles. The molecule has 0 spiro atoms. The lowest BCUT2D eigenvalue weighted by atomic mass is 9.99. The Balaban J connectivity index is 2.73. The van der Waals surface area contributed by atoms with E-state index in [-0.39, 0.29) is 11.9 Å². The lowest BCUT2D eigenvalue weighted by Gasteiger charge is -2.22. The third-order valence-electron chi connectivity index (χ3n) is 3.66. The first kappa shape index (κ1) is 15.1. The molecule has 0 bridgehead atoms. The van der Waals surface area contributed by atoms with Gasteiger partial charge in [-0.2, -0.15) is 0 Å². The van der Waals surface area contributed by atoms with Crippen LogP contribution in [0.3, 0.4) is 0 Å². The van der Waals surface area contributed by atoms with E-state index < -0.39 is 0 Å². The van der Waals surface area contributed by atoms with E-state index in [9.17, 15) is 4.39 Å². The second-order valence-corrected chi connectivity index (χ2v) is 4.88. The first-order valence-corrected chi connectivity index (χ1v) is 6.81. The molecule has 1 atom stereocenters. The van der Waals surface area contributed by atoms with Gasteiger partial charge in [0.15, 0.2) is 0 Å². The molecule has 2 nitrogen and oxygen atoms in total. The van der Waals surface area contributed by atoms with E-state index in [0.29, 0.717) is 12.5 Å². The maximum atomic E-state index is 13.3. The van der Waals surface area contributed by atoms with Crippen molar-refractivity contribution in [1.29, 1.82) is 0 Å². The summed E-state index contributed by atoms with van der Waals surface area (Å²) in [4.78, 5) is 0. The van der Waals surface area contributed by atoms with Crippen molar-refractivity contribution in [3.05, 3.63) is 35.1 Å². The number of hydrogen-bond acceptors (Lipinski definition) is 2. The maximum Gasteiger partial charge on any atom is 0.123 e. The number of nitrogens with one attached hydrogen (secondary N) is 1. The zero-order chi connectivity index (χ0) is 13.5. The third kappa shape index (κ3) is 4.07. The van der Waals surface area contributed by atoms with Crippen LogP contribution in [0, 0.1) is 18.7 Å². The summed E-state index contributed by atoms with van der Waals surface area (Å²) in [6, 6.07) is 4.94. The molecule has 0 radical (unpaired) electrons. The van der Waals surface area contributed by atoms with E-state index in [4.69, 9.17) is 5.73 Å². The van der Waals surface area contributed by atoms with E-state index >= 15 is 0 Å². The fourth-order valence-corrected chi connectivity index (χ4v) is 2.19. The van der Waals surface area contributed by atoms with Crippen molar-refractivity contribution in [1.82, 2.24) is 5.32 Å². The van der Waals surface area contributed by atoms with Gasteiger partial charge in [-0.25, -0.2) is 4.39 Å². The Hall–Kier alpha value is -0.930. The number of hydrogen-bond donors (Lipinski definition) is 2. The average molecular weight is 252 g/mol. The van der Waals surface area contributed by atoms with Crippen LogP contribution in [0.2, 0.25) is 0 Å². The molecule has 0 heterocycles. The molecule has 1 aromatic rings. The molecule has 3 heteroatoms. The summed E-state index contributed by atoms with van der Waals surface area (Å²) in [6.07, 6.45) is 2.31. The fraction of sp³-hybridized carbons (Fsp3) is 0.600. The van der Waals surface area contributed by atoms with Gasteiger partial charge in [0.05, 0.1) is 0 Å². The van der Waals surface area contributed by atoms with Gasteiger partial charge in [-0.1, -0.05) is 32.8 Å². The topological polar surface area (TPSA) is 38.0 Å². The van der Waals surface area contributed by atoms with Gasteiger partial charge in [0.1, 0.15) is 5.82 Å². The number of benzene rings is 1. The number of nitrogens with two attached hydrogens (primary N) is 1. The lowest BCUT2D eigenvalue weighted by molar-refractivity contribution is 0.413. The van der Waals surface area contributed by atoms with Crippen LogP contribution in [0.5, 0.6) is 0 Å². The Bertz CT molecular complexity index is 362. The van der Waals surface area contributed by atoms with Gasteiger partial charge in [0.25, 0.3) is 0 Å². The van der Waals surface area contributed by atoms with Gasteiger partial charge in [-0.3, -0.25) is 0 Å². The van der Waals surface area contributed by atoms with Crippen molar-refractivity contribution < 1.29 is 4.39 Å². The molecular formula is C15H25FN2. The predicted molar refractivity (Wildman–Crippen MR) is 75.0 cm³/mol. The van der Waals surface area contributed by atoms with Gasteiger partial charge >= 0.3 is 0 Å². The Labute approximate surface area is 110 Å². The van der Waals surface area contributed by atoms with Crippen molar-refractivity contribution >= 4 is 0 Å². The number of rotatable bonds is 7. The van der Waals surface area contributed by atoms with Crippen LogP contribution in [-0.2, 0) is 0 Å². The third-order valence-corrected chi connectivity index (χ3v) is 3.66. The largest absolute Gasteiger partial charge is 0.329 e. The standard InChI is InChI=1S/C15H25FN2/c1-4-12(5-2)10-18-15(9-17)14-8-13(16)7-6-11(14)3/h6-8,12,15,18H,4-5,9-10,17H2,1-3H3. The smallest absolute Gasteiger partial charge is 0.123 e. The van der Waals surface area contributed by atoms with E-state index in [1.54, 1.807) is 6.07 Å². The van der Waals surface area contributed by atoms with E-state index in [1.165, 1.54) is 6.07 Å². The number of halogens is 1. The van der Waals surface area contributed by atoms with Crippen molar-refractivity contribution in [3.63, 3.8) is 0 Å². The molecule has 1 unspecified atom stereocenters. The Morgan fingerprint density at radius 2 is 1.94 bits per heavy atom. The van der Waals surface area contributed by atoms with Gasteiger partial charge in [0, 0.05) is 12.6 Å². The Morgan fingerprint density at radius 3 is 2.50 bits per heavy atom. The second-order valence-electron chi connectivity index (χ2n) is 4.88. The van der Waals surface area contributed by atoms with Crippen molar-refractivity contribution in [2.45, 2.75) is 39.7 Å². The Morgan fingerprint density at radius 1 is 1.28 bits per heavy atom. The van der Waals surface area contributed by atoms with Crippen LogP contribution in [0.15, 0.2) is 18.2 Å². The molecule has 18 heavy (non-hydrogen) atoms. The summed E-state index contributed by atoms with van der Waals surface area (Å²) in [6.45, 7) is 7.81. The monoisotopic (exact) mass is 252 g/mol. The van der Waals surface area contributed by atoms with Crippen LogP contribution in [-0.4, -0.2) is 13.1 Å². The minimum atomic E-state index is -0.196. The van der Waals surface area contributed by atoms with Gasteiger partial charge < -0.3 is 11.1 Å². The molecule has 0 aliphatic carbocycles. The first-order chi connectivity index (χ1) is 8.62. The van der Waals surface area contributed by atoms with E-state index in [0.717, 1.165) is 30.5 Å². The van der Waals surface area contributed by atoms with E-state index in [2.05, 4.69) is 19.2 Å². The van der Waals surface area contributed by atoms with Crippen LogP contribution < -0.4 is 11.1 Å². The van der Waals surface area contributed by atoms with Crippen molar-refractivity contribution in [3.8, 4) is 0 Å². The summed E-state index contributed by atoms with van der Waals surface area (Å²) in [5, 5.41) is 3.46. The molecule has 102 valence electrons. The summed E-state index contributed by atoms with van der Waals surface area (Å²) in [5.41, 5.74) is 7.87. The van der Waals surface area contributed by atoms with Crippen LogP contribution in [0.1, 0.15) is 43.9 Å².